The van der Waals surface area contributed by atoms with Gasteiger partial charge in [0, 0.05) is 18.2 Å². The zero-order valence-electron chi connectivity index (χ0n) is 11.8. The second-order valence-corrected chi connectivity index (χ2v) is 4.88. The minimum absolute atomic E-state index is 0.496. The summed E-state index contributed by atoms with van der Waals surface area (Å²) in [5.41, 5.74) is 3.82. The summed E-state index contributed by atoms with van der Waals surface area (Å²) < 4.78 is 5.89. The average Bonchev–Trinajstić information content (AvgIpc) is 2.29. The van der Waals surface area contributed by atoms with Gasteiger partial charge in [0.1, 0.15) is 5.75 Å². The van der Waals surface area contributed by atoms with Crippen LogP contribution in [0.4, 0.5) is 0 Å². The van der Waals surface area contributed by atoms with Crippen molar-refractivity contribution >= 4 is 0 Å². The first-order chi connectivity index (χ1) is 8.06. The summed E-state index contributed by atoms with van der Waals surface area (Å²) in [7, 11) is 0. The normalized spacial score (nSPS) is 10.9. The van der Waals surface area contributed by atoms with E-state index in [-0.39, 0.29) is 0 Å². The van der Waals surface area contributed by atoms with Crippen LogP contribution in [0.25, 0.3) is 0 Å². The number of ether oxygens (including phenoxy) is 1. The Kier molecular flexibility index (Phi) is 5.49. The van der Waals surface area contributed by atoms with E-state index in [9.17, 15) is 0 Å². The molecule has 1 aromatic carbocycles. The van der Waals surface area contributed by atoms with Crippen molar-refractivity contribution in [2.75, 3.05) is 6.61 Å². The minimum Gasteiger partial charge on any atom is -0.493 e. The lowest BCUT2D eigenvalue weighted by molar-refractivity contribution is 0.310. The molecule has 2 heteroatoms. The summed E-state index contributed by atoms with van der Waals surface area (Å²) in [4.78, 5) is 0. The fourth-order valence-electron chi connectivity index (χ4n) is 1.70. The lowest BCUT2D eigenvalue weighted by Gasteiger charge is -2.17. The number of hydrogen-bond donors (Lipinski definition) is 1. The van der Waals surface area contributed by atoms with Gasteiger partial charge in [0.15, 0.2) is 0 Å². The molecule has 0 heterocycles. The van der Waals surface area contributed by atoms with Crippen molar-refractivity contribution in [3.05, 3.63) is 28.8 Å². The van der Waals surface area contributed by atoms with Crippen LogP contribution in [0.5, 0.6) is 5.75 Å². The van der Waals surface area contributed by atoms with E-state index in [4.69, 9.17) is 4.74 Å². The molecule has 0 aliphatic rings. The van der Waals surface area contributed by atoms with Crippen LogP contribution in [-0.4, -0.2) is 12.6 Å². The standard InChI is InChI=1S/C15H25NO/c1-6-9-17-15-13(5)12(4)7-8-14(15)10-16-11(2)3/h7-8,11,16H,6,9-10H2,1-5H3. The maximum Gasteiger partial charge on any atom is 0.126 e. The minimum atomic E-state index is 0.496. The fraction of sp³-hybridized carbons (Fsp3) is 0.600. The first kappa shape index (κ1) is 14.0. The molecular formula is C15H25NO. The maximum atomic E-state index is 5.89. The van der Waals surface area contributed by atoms with Crippen molar-refractivity contribution in [3.63, 3.8) is 0 Å². The van der Waals surface area contributed by atoms with Crippen LogP contribution in [0.2, 0.25) is 0 Å². The second-order valence-electron chi connectivity index (χ2n) is 4.88. The van der Waals surface area contributed by atoms with E-state index < -0.39 is 0 Å². The summed E-state index contributed by atoms with van der Waals surface area (Å²) >= 11 is 0. The molecule has 0 radical (unpaired) electrons. The van der Waals surface area contributed by atoms with Crippen molar-refractivity contribution in [2.24, 2.45) is 0 Å². The molecule has 0 bridgehead atoms. The Labute approximate surface area is 105 Å². The molecule has 1 N–H and O–H groups in total. The van der Waals surface area contributed by atoms with E-state index in [2.05, 4.69) is 52.1 Å². The van der Waals surface area contributed by atoms with Crippen molar-refractivity contribution in [1.29, 1.82) is 0 Å². The Morgan fingerprint density at radius 2 is 1.94 bits per heavy atom. The maximum absolute atomic E-state index is 5.89. The van der Waals surface area contributed by atoms with Gasteiger partial charge in [0.2, 0.25) is 0 Å². The molecule has 0 fully saturated rings. The highest BCUT2D eigenvalue weighted by atomic mass is 16.5. The van der Waals surface area contributed by atoms with E-state index in [0.29, 0.717) is 6.04 Å². The average molecular weight is 235 g/mol. The lowest BCUT2D eigenvalue weighted by atomic mass is 10.0. The summed E-state index contributed by atoms with van der Waals surface area (Å²) in [6, 6.07) is 4.84. The molecule has 0 saturated heterocycles. The predicted octanol–water partition coefficient (Wildman–Crippen LogP) is 3.59. The van der Waals surface area contributed by atoms with E-state index >= 15 is 0 Å². The summed E-state index contributed by atoms with van der Waals surface area (Å²) in [6.45, 7) is 12.4. The van der Waals surface area contributed by atoms with Gasteiger partial charge in [0.05, 0.1) is 6.61 Å². The van der Waals surface area contributed by atoms with Gasteiger partial charge in [-0.25, -0.2) is 0 Å². The first-order valence-electron chi connectivity index (χ1n) is 6.51. The van der Waals surface area contributed by atoms with Crippen LogP contribution in [0.3, 0.4) is 0 Å². The molecule has 1 aromatic rings. The van der Waals surface area contributed by atoms with Crippen LogP contribution in [0, 0.1) is 13.8 Å². The van der Waals surface area contributed by atoms with E-state index in [1.807, 2.05) is 0 Å². The van der Waals surface area contributed by atoms with Crippen molar-refractivity contribution < 1.29 is 4.74 Å². The monoisotopic (exact) mass is 235 g/mol. The molecule has 0 atom stereocenters. The number of hydrogen-bond acceptors (Lipinski definition) is 2. The third kappa shape index (κ3) is 4.04. The van der Waals surface area contributed by atoms with Crippen LogP contribution in [-0.2, 0) is 6.54 Å². The van der Waals surface area contributed by atoms with Gasteiger partial charge in [-0.1, -0.05) is 32.9 Å². The number of rotatable bonds is 6. The van der Waals surface area contributed by atoms with Crippen LogP contribution in [0.15, 0.2) is 12.1 Å². The van der Waals surface area contributed by atoms with Crippen molar-refractivity contribution in [1.82, 2.24) is 5.32 Å². The van der Waals surface area contributed by atoms with Gasteiger partial charge in [-0.05, 0) is 31.4 Å². The molecule has 0 aliphatic carbocycles. The summed E-state index contributed by atoms with van der Waals surface area (Å²) in [5.74, 6) is 1.07. The molecule has 96 valence electrons. The molecule has 0 amide bonds. The number of benzene rings is 1. The smallest absolute Gasteiger partial charge is 0.126 e. The Balaban J connectivity index is 2.90. The van der Waals surface area contributed by atoms with Gasteiger partial charge in [-0.3, -0.25) is 0 Å². The quantitative estimate of drug-likeness (QED) is 0.813. The molecule has 0 unspecified atom stereocenters. The van der Waals surface area contributed by atoms with Gasteiger partial charge in [0.25, 0.3) is 0 Å². The highest BCUT2D eigenvalue weighted by Gasteiger charge is 2.09. The van der Waals surface area contributed by atoms with Gasteiger partial charge < -0.3 is 10.1 Å². The topological polar surface area (TPSA) is 21.3 Å². The van der Waals surface area contributed by atoms with Crippen molar-refractivity contribution in [2.45, 2.75) is 53.6 Å². The molecule has 0 saturated carbocycles. The third-order valence-corrected chi connectivity index (χ3v) is 2.91. The number of nitrogens with one attached hydrogen (secondary N) is 1. The van der Waals surface area contributed by atoms with Crippen LogP contribution >= 0.6 is 0 Å². The predicted molar refractivity (Wildman–Crippen MR) is 73.7 cm³/mol. The molecular weight excluding hydrogens is 210 g/mol. The SMILES string of the molecule is CCCOc1c(CNC(C)C)ccc(C)c1C. The summed E-state index contributed by atoms with van der Waals surface area (Å²) in [6.07, 6.45) is 1.05. The fourth-order valence-corrected chi connectivity index (χ4v) is 1.70. The highest BCUT2D eigenvalue weighted by Crippen LogP contribution is 2.26. The Morgan fingerprint density at radius 3 is 2.53 bits per heavy atom. The van der Waals surface area contributed by atoms with E-state index in [1.54, 1.807) is 0 Å². The Morgan fingerprint density at radius 1 is 1.24 bits per heavy atom. The Hall–Kier alpha value is -1.02. The zero-order chi connectivity index (χ0) is 12.8. The van der Waals surface area contributed by atoms with E-state index in [0.717, 1.165) is 25.3 Å². The van der Waals surface area contributed by atoms with Crippen LogP contribution in [0.1, 0.15) is 43.9 Å². The summed E-state index contributed by atoms with van der Waals surface area (Å²) in [5, 5.41) is 3.45. The molecule has 1 rings (SSSR count). The Bertz CT molecular complexity index is 358. The number of aryl methyl sites for hydroxylation is 1. The molecule has 0 spiro atoms. The molecule has 17 heavy (non-hydrogen) atoms. The third-order valence-electron chi connectivity index (χ3n) is 2.91. The second kappa shape index (κ2) is 6.65. The zero-order valence-corrected chi connectivity index (χ0v) is 11.8. The molecule has 2 nitrogen and oxygen atoms in total. The molecule has 0 aliphatic heterocycles. The largest absolute Gasteiger partial charge is 0.493 e. The van der Waals surface area contributed by atoms with Gasteiger partial charge in [-0.2, -0.15) is 0 Å². The van der Waals surface area contributed by atoms with Crippen molar-refractivity contribution in [3.8, 4) is 5.75 Å². The highest BCUT2D eigenvalue weighted by molar-refractivity contribution is 5.45. The molecule has 0 aromatic heterocycles. The van der Waals surface area contributed by atoms with Gasteiger partial charge >= 0.3 is 0 Å². The van der Waals surface area contributed by atoms with Crippen LogP contribution < -0.4 is 10.1 Å². The van der Waals surface area contributed by atoms with E-state index in [1.165, 1.54) is 16.7 Å². The first-order valence-corrected chi connectivity index (χ1v) is 6.51. The van der Waals surface area contributed by atoms with Gasteiger partial charge in [-0.15, -0.1) is 0 Å². The lowest BCUT2D eigenvalue weighted by Crippen LogP contribution is -2.22.